The summed E-state index contributed by atoms with van der Waals surface area (Å²) in [5.74, 6) is -0.388. The fourth-order valence-corrected chi connectivity index (χ4v) is 5.02. The lowest BCUT2D eigenvalue weighted by molar-refractivity contribution is -0.133. The van der Waals surface area contributed by atoms with Gasteiger partial charge < -0.3 is 4.90 Å². The Morgan fingerprint density at radius 2 is 1.87 bits per heavy atom. The Morgan fingerprint density at radius 3 is 2.71 bits per heavy atom. The molecule has 2 heterocycles. The van der Waals surface area contributed by atoms with Crippen molar-refractivity contribution < 1.29 is 9.59 Å². The zero-order valence-corrected chi connectivity index (χ0v) is 17.8. The van der Waals surface area contributed by atoms with E-state index in [0.29, 0.717) is 13.1 Å². The number of hydrogen-bond donors (Lipinski definition) is 0. The molecule has 1 saturated heterocycles. The summed E-state index contributed by atoms with van der Waals surface area (Å²) in [4.78, 5) is 39.9. The van der Waals surface area contributed by atoms with Crippen LogP contribution in [0.15, 0.2) is 47.3 Å². The van der Waals surface area contributed by atoms with Crippen molar-refractivity contribution in [1.29, 1.82) is 0 Å². The van der Waals surface area contributed by atoms with Gasteiger partial charge in [0.25, 0.3) is 5.56 Å². The van der Waals surface area contributed by atoms with Crippen LogP contribution >= 0.6 is 11.6 Å². The molecular formula is C24H22ClN3O3. The maximum absolute atomic E-state index is 13.5. The van der Waals surface area contributed by atoms with E-state index in [4.69, 9.17) is 11.6 Å². The van der Waals surface area contributed by atoms with Crippen molar-refractivity contribution in [1.82, 2.24) is 14.7 Å². The average molecular weight is 436 g/mol. The number of carbonyl (C=O) groups excluding carboxylic acids is 2. The second-order valence-electron chi connectivity index (χ2n) is 8.31. The molecule has 1 aromatic heterocycles. The summed E-state index contributed by atoms with van der Waals surface area (Å²) >= 11 is 5.85. The van der Waals surface area contributed by atoms with Crippen LogP contribution in [-0.2, 0) is 24.2 Å². The minimum absolute atomic E-state index is 0.0890. The number of Topliss-reactive ketones (excluding diaryl/α,β-unsaturated/α-hetero) is 1. The first-order chi connectivity index (χ1) is 15.0. The van der Waals surface area contributed by atoms with Gasteiger partial charge >= 0.3 is 0 Å². The van der Waals surface area contributed by atoms with Crippen LogP contribution in [0.25, 0.3) is 10.8 Å². The van der Waals surface area contributed by atoms with Gasteiger partial charge in [-0.25, -0.2) is 4.68 Å². The van der Waals surface area contributed by atoms with Crippen LogP contribution in [0, 0.1) is 5.92 Å². The molecule has 7 heteroatoms. The third-order valence-electron chi connectivity index (χ3n) is 6.41. The van der Waals surface area contributed by atoms with Gasteiger partial charge in [-0.3, -0.25) is 14.4 Å². The molecule has 0 radical (unpaired) electrons. The predicted molar refractivity (Wildman–Crippen MR) is 118 cm³/mol. The van der Waals surface area contributed by atoms with Crippen molar-refractivity contribution in [3.05, 3.63) is 74.7 Å². The average Bonchev–Trinajstić information content (AvgIpc) is 3.21. The summed E-state index contributed by atoms with van der Waals surface area (Å²) in [5.41, 5.74) is 2.98. The van der Waals surface area contributed by atoms with Gasteiger partial charge in [0.1, 0.15) is 11.7 Å². The molecule has 0 bridgehead atoms. The van der Waals surface area contributed by atoms with Gasteiger partial charge in [0, 0.05) is 30.6 Å². The highest BCUT2D eigenvalue weighted by Crippen LogP contribution is 2.34. The van der Waals surface area contributed by atoms with Crippen LogP contribution in [0.5, 0.6) is 0 Å². The summed E-state index contributed by atoms with van der Waals surface area (Å²) in [6.07, 6.45) is 3.54. The highest BCUT2D eigenvalue weighted by atomic mass is 35.5. The number of aryl methyl sites for hydroxylation is 2. The summed E-state index contributed by atoms with van der Waals surface area (Å²) < 4.78 is 1.07. The molecule has 2 aliphatic rings. The van der Waals surface area contributed by atoms with E-state index in [1.807, 2.05) is 18.2 Å². The molecule has 3 aromatic rings. The fourth-order valence-electron chi connectivity index (χ4n) is 4.86. The molecule has 1 atom stereocenters. The number of benzene rings is 2. The molecule has 1 aliphatic heterocycles. The zero-order valence-electron chi connectivity index (χ0n) is 17.0. The van der Waals surface area contributed by atoms with Crippen LogP contribution in [0.1, 0.15) is 34.3 Å². The molecule has 2 aromatic carbocycles. The Bertz CT molecular complexity index is 1260. The normalized spacial score (nSPS) is 17.8. The minimum atomic E-state index is -0.379. The number of likely N-dealkylation sites (tertiary alicyclic amines) is 1. The van der Waals surface area contributed by atoms with Gasteiger partial charge in [-0.2, -0.15) is 5.10 Å². The van der Waals surface area contributed by atoms with Crippen molar-refractivity contribution in [2.24, 2.45) is 5.92 Å². The van der Waals surface area contributed by atoms with Crippen LogP contribution in [-0.4, -0.2) is 39.5 Å². The van der Waals surface area contributed by atoms with Crippen LogP contribution < -0.4 is 5.56 Å². The molecule has 31 heavy (non-hydrogen) atoms. The predicted octanol–water partition coefficient (Wildman–Crippen LogP) is 3.27. The lowest BCUT2D eigenvalue weighted by Gasteiger charge is -2.32. The highest BCUT2D eigenvalue weighted by Gasteiger charge is 2.30. The monoisotopic (exact) mass is 435 g/mol. The van der Waals surface area contributed by atoms with Gasteiger partial charge in [-0.05, 0) is 53.6 Å². The van der Waals surface area contributed by atoms with Crippen LogP contribution in [0.2, 0.25) is 5.15 Å². The van der Waals surface area contributed by atoms with E-state index >= 15 is 0 Å². The van der Waals surface area contributed by atoms with E-state index < -0.39 is 0 Å². The molecule has 5 rings (SSSR count). The number of nitrogens with zero attached hydrogens (tertiary/aromatic N) is 3. The summed E-state index contributed by atoms with van der Waals surface area (Å²) in [5, 5.41) is 6.33. The Hall–Kier alpha value is -2.99. The molecule has 0 spiro atoms. The van der Waals surface area contributed by atoms with Gasteiger partial charge in [-0.15, -0.1) is 0 Å². The van der Waals surface area contributed by atoms with Gasteiger partial charge in [0.2, 0.25) is 5.91 Å². The number of hydrogen-bond acceptors (Lipinski definition) is 4. The lowest BCUT2D eigenvalue weighted by atomic mass is 9.87. The SMILES string of the molecule is O=C(c1ccc2c3c(cccc13)CC2)[C@H]1CCCN(C(=O)Cn2nc(Cl)ccc2=O)C1. The van der Waals surface area contributed by atoms with Crippen molar-refractivity contribution >= 4 is 34.1 Å². The third kappa shape index (κ3) is 3.65. The third-order valence-corrected chi connectivity index (χ3v) is 6.61. The molecule has 0 N–H and O–H groups in total. The Labute approximate surface area is 184 Å². The smallest absolute Gasteiger partial charge is 0.267 e. The number of carbonyl (C=O) groups is 2. The lowest BCUT2D eigenvalue weighted by Crippen LogP contribution is -2.44. The van der Waals surface area contributed by atoms with E-state index in [9.17, 15) is 14.4 Å². The molecule has 0 saturated carbocycles. The Morgan fingerprint density at radius 1 is 1.06 bits per heavy atom. The van der Waals surface area contributed by atoms with E-state index in [1.165, 1.54) is 28.6 Å². The van der Waals surface area contributed by atoms with Crippen molar-refractivity contribution in [2.75, 3.05) is 13.1 Å². The van der Waals surface area contributed by atoms with Gasteiger partial charge in [0.05, 0.1) is 0 Å². The second kappa shape index (κ2) is 7.93. The van der Waals surface area contributed by atoms with E-state index in [1.54, 1.807) is 4.90 Å². The quantitative estimate of drug-likeness (QED) is 0.589. The first-order valence-electron chi connectivity index (χ1n) is 10.6. The molecule has 158 valence electrons. The molecule has 6 nitrogen and oxygen atoms in total. The number of piperidine rings is 1. The first kappa shape index (κ1) is 19.9. The minimum Gasteiger partial charge on any atom is -0.340 e. The summed E-state index contributed by atoms with van der Waals surface area (Å²) in [6.45, 7) is 0.749. The molecule has 1 fully saturated rings. The zero-order chi connectivity index (χ0) is 21.5. The van der Waals surface area contributed by atoms with E-state index in [2.05, 4.69) is 17.2 Å². The molecule has 1 aliphatic carbocycles. The Kier molecular flexibility index (Phi) is 5.10. The number of amides is 1. The molecular weight excluding hydrogens is 414 g/mol. The summed E-state index contributed by atoms with van der Waals surface area (Å²) in [7, 11) is 0. The standard InChI is InChI=1S/C24H22ClN3O3/c25-20-10-11-21(29)28(26-20)14-22(30)27-12-2-4-17(13-27)24(31)19-9-8-16-7-6-15-3-1-5-18(19)23(15)16/h1,3,5,8-11,17H,2,4,6-7,12-14H2/t17-/m0/s1. The first-order valence-corrected chi connectivity index (χ1v) is 11.0. The Balaban J connectivity index is 1.37. The maximum Gasteiger partial charge on any atom is 0.267 e. The van der Waals surface area contributed by atoms with Crippen molar-refractivity contribution in [3.8, 4) is 0 Å². The fraction of sp³-hybridized carbons (Fsp3) is 0.333. The van der Waals surface area contributed by atoms with E-state index in [-0.39, 0.29) is 34.9 Å². The largest absolute Gasteiger partial charge is 0.340 e. The number of aromatic nitrogens is 2. The molecule has 0 unspecified atom stereocenters. The highest BCUT2D eigenvalue weighted by molar-refractivity contribution is 6.29. The number of ketones is 1. The van der Waals surface area contributed by atoms with Crippen molar-refractivity contribution in [3.63, 3.8) is 0 Å². The van der Waals surface area contributed by atoms with E-state index in [0.717, 1.165) is 41.3 Å². The summed E-state index contributed by atoms with van der Waals surface area (Å²) in [6, 6.07) is 12.9. The second-order valence-corrected chi connectivity index (χ2v) is 8.69. The maximum atomic E-state index is 13.5. The van der Waals surface area contributed by atoms with Crippen LogP contribution in [0.3, 0.4) is 0 Å². The van der Waals surface area contributed by atoms with Crippen LogP contribution in [0.4, 0.5) is 0 Å². The topological polar surface area (TPSA) is 72.3 Å². The van der Waals surface area contributed by atoms with Gasteiger partial charge in [0.15, 0.2) is 5.78 Å². The number of halogens is 1. The van der Waals surface area contributed by atoms with Crippen molar-refractivity contribution in [2.45, 2.75) is 32.2 Å². The van der Waals surface area contributed by atoms with Gasteiger partial charge in [-0.1, -0.05) is 41.9 Å². The number of rotatable bonds is 4. The molecule has 1 amide bonds.